The predicted octanol–water partition coefficient (Wildman–Crippen LogP) is 3.66. The van der Waals surface area contributed by atoms with E-state index in [1.807, 2.05) is 0 Å². The van der Waals surface area contributed by atoms with Crippen molar-refractivity contribution in [3.05, 3.63) is 40.4 Å². The van der Waals surface area contributed by atoms with Gasteiger partial charge in [-0.3, -0.25) is 0 Å². The minimum atomic E-state index is -4.72. The Hall–Kier alpha value is -2.42. The van der Waals surface area contributed by atoms with Gasteiger partial charge in [-0.25, -0.2) is 19.2 Å². The van der Waals surface area contributed by atoms with Crippen molar-refractivity contribution in [2.45, 2.75) is 6.18 Å². The van der Waals surface area contributed by atoms with Gasteiger partial charge in [0.15, 0.2) is 11.5 Å². The number of alkyl halides is 3. The number of aromatic carboxylic acids is 1. The van der Waals surface area contributed by atoms with E-state index in [0.29, 0.717) is 12.1 Å². The SMILES string of the molecule is COc1nc(C(F)(F)F)ccc1-c1nc(C(=O)O)c(Cl)cc1F. The van der Waals surface area contributed by atoms with E-state index in [1.165, 1.54) is 0 Å². The highest BCUT2D eigenvalue weighted by molar-refractivity contribution is 6.33. The molecule has 0 aromatic carbocycles. The average molecular weight is 351 g/mol. The summed E-state index contributed by atoms with van der Waals surface area (Å²) in [5.41, 5.74) is -2.67. The van der Waals surface area contributed by atoms with Crippen LogP contribution < -0.4 is 4.74 Å². The van der Waals surface area contributed by atoms with E-state index in [4.69, 9.17) is 21.4 Å². The van der Waals surface area contributed by atoms with Crippen molar-refractivity contribution in [1.29, 1.82) is 0 Å². The average Bonchev–Trinajstić information content (AvgIpc) is 2.45. The van der Waals surface area contributed by atoms with Crippen molar-refractivity contribution in [2.75, 3.05) is 7.11 Å². The van der Waals surface area contributed by atoms with Gasteiger partial charge in [0.1, 0.15) is 11.4 Å². The quantitative estimate of drug-likeness (QED) is 0.855. The topological polar surface area (TPSA) is 72.3 Å². The fourth-order valence-electron chi connectivity index (χ4n) is 1.74. The lowest BCUT2D eigenvalue weighted by Crippen LogP contribution is -2.10. The molecule has 0 aliphatic carbocycles. The summed E-state index contributed by atoms with van der Waals surface area (Å²) in [6.45, 7) is 0. The third kappa shape index (κ3) is 3.34. The largest absolute Gasteiger partial charge is 0.480 e. The molecular weight excluding hydrogens is 344 g/mol. The highest BCUT2D eigenvalue weighted by Crippen LogP contribution is 2.35. The van der Waals surface area contributed by atoms with E-state index in [0.717, 1.165) is 13.2 Å². The van der Waals surface area contributed by atoms with E-state index >= 15 is 0 Å². The Morgan fingerprint density at radius 3 is 2.48 bits per heavy atom. The molecule has 0 atom stereocenters. The fraction of sp³-hybridized carbons (Fsp3) is 0.154. The summed E-state index contributed by atoms with van der Waals surface area (Å²) in [6, 6.07) is 2.19. The molecule has 2 aromatic rings. The van der Waals surface area contributed by atoms with Gasteiger partial charge in [0.2, 0.25) is 5.88 Å². The standard InChI is InChI=1S/C13H7ClF4N2O3/c1-23-11-5(2-3-8(19-11)13(16,17)18)9-7(15)4-6(14)10(20-9)12(21)22/h2-4H,1H3,(H,21,22). The first-order valence-electron chi connectivity index (χ1n) is 5.87. The van der Waals surface area contributed by atoms with Gasteiger partial charge in [0.05, 0.1) is 17.7 Å². The van der Waals surface area contributed by atoms with Crippen LogP contribution in [0.25, 0.3) is 11.3 Å². The Bertz CT molecular complexity index is 781. The molecule has 0 unspecified atom stereocenters. The smallest absolute Gasteiger partial charge is 0.433 e. The molecule has 0 radical (unpaired) electrons. The van der Waals surface area contributed by atoms with Crippen molar-refractivity contribution in [2.24, 2.45) is 0 Å². The lowest BCUT2D eigenvalue weighted by Gasteiger charge is -2.12. The van der Waals surface area contributed by atoms with Gasteiger partial charge >= 0.3 is 12.1 Å². The number of pyridine rings is 2. The van der Waals surface area contributed by atoms with Crippen LogP contribution in [0.3, 0.4) is 0 Å². The molecule has 2 rings (SSSR count). The molecular formula is C13H7ClF4N2O3. The van der Waals surface area contributed by atoms with Crippen LogP contribution in [0.15, 0.2) is 18.2 Å². The summed E-state index contributed by atoms with van der Waals surface area (Å²) >= 11 is 5.56. The summed E-state index contributed by atoms with van der Waals surface area (Å²) < 4.78 is 56.6. The number of carbonyl (C=O) groups is 1. The number of carboxylic acid groups (broad SMARTS) is 1. The van der Waals surface area contributed by atoms with Crippen LogP contribution in [-0.4, -0.2) is 28.2 Å². The summed E-state index contributed by atoms with van der Waals surface area (Å²) in [4.78, 5) is 17.8. The molecule has 0 saturated carbocycles. The van der Waals surface area contributed by atoms with E-state index in [-0.39, 0.29) is 5.56 Å². The number of halogens is 5. The number of nitrogens with zero attached hydrogens (tertiary/aromatic N) is 2. The third-order valence-corrected chi connectivity index (χ3v) is 3.02. The highest BCUT2D eigenvalue weighted by Gasteiger charge is 2.33. The molecule has 0 saturated heterocycles. The first kappa shape index (κ1) is 16.9. The number of hydrogen-bond donors (Lipinski definition) is 1. The molecule has 1 N–H and O–H groups in total. The molecule has 23 heavy (non-hydrogen) atoms. The fourth-order valence-corrected chi connectivity index (χ4v) is 1.96. The number of methoxy groups -OCH3 is 1. The second-order valence-electron chi connectivity index (χ2n) is 4.21. The zero-order valence-electron chi connectivity index (χ0n) is 11.3. The molecule has 2 aromatic heterocycles. The van der Waals surface area contributed by atoms with Crippen molar-refractivity contribution in [1.82, 2.24) is 9.97 Å². The molecule has 0 spiro atoms. The first-order chi connectivity index (χ1) is 10.6. The van der Waals surface area contributed by atoms with Crippen molar-refractivity contribution in [3.8, 4) is 17.1 Å². The molecule has 0 fully saturated rings. The van der Waals surface area contributed by atoms with Gasteiger partial charge in [0, 0.05) is 0 Å². The van der Waals surface area contributed by atoms with Crippen LogP contribution in [0.4, 0.5) is 17.6 Å². The van der Waals surface area contributed by atoms with Gasteiger partial charge in [-0.05, 0) is 18.2 Å². The monoisotopic (exact) mass is 350 g/mol. The molecule has 0 aliphatic rings. The Balaban J connectivity index is 2.67. The van der Waals surface area contributed by atoms with Crippen LogP contribution in [0.2, 0.25) is 5.02 Å². The predicted molar refractivity (Wildman–Crippen MR) is 70.9 cm³/mol. The molecule has 0 aliphatic heterocycles. The zero-order chi connectivity index (χ0) is 17.4. The zero-order valence-corrected chi connectivity index (χ0v) is 12.0. The number of hydrogen-bond acceptors (Lipinski definition) is 4. The Labute approximate surface area is 131 Å². The maximum atomic E-state index is 14.0. The highest BCUT2D eigenvalue weighted by atomic mass is 35.5. The minimum Gasteiger partial charge on any atom is -0.480 e. The number of aromatic nitrogens is 2. The van der Waals surface area contributed by atoms with Gasteiger partial charge in [-0.15, -0.1) is 0 Å². The van der Waals surface area contributed by atoms with Crippen LogP contribution in [0.5, 0.6) is 5.88 Å². The summed E-state index contributed by atoms with van der Waals surface area (Å²) in [5, 5.41) is 8.49. The molecule has 0 bridgehead atoms. The molecule has 10 heteroatoms. The minimum absolute atomic E-state index is 0.239. The van der Waals surface area contributed by atoms with Crippen LogP contribution in [0.1, 0.15) is 16.2 Å². The summed E-state index contributed by atoms with van der Waals surface area (Å²) in [7, 11) is 1.04. The van der Waals surface area contributed by atoms with Gasteiger partial charge in [0.25, 0.3) is 0 Å². The van der Waals surface area contributed by atoms with E-state index in [1.54, 1.807) is 0 Å². The Morgan fingerprint density at radius 2 is 1.96 bits per heavy atom. The summed E-state index contributed by atoms with van der Waals surface area (Å²) in [6.07, 6.45) is -4.72. The second-order valence-corrected chi connectivity index (χ2v) is 4.61. The molecule has 2 heterocycles. The molecule has 0 amide bonds. The Kier molecular flexibility index (Phi) is 4.42. The first-order valence-corrected chi connectivity index (χ1v) is 6.25. The lowest BCUT2D eigenvalue weighted by molar-refractivity contribution is -0.141. The lowest BCUT2D eigenvalue weighted by atomic mass is 10.1. The van der Waals surface area contributed by atoms with E-state index in [9.17, 15) is 22.4 Å². The number of carboxylic acids is 1. The van der Waals surface area contributed by atoms with Crippen LogP contribution in [-0.2, 0) is 6.18 Å². The van der Waals surface area contributed by atoms with E-state index in [2.05, 4.69) is 9.97 Å². The van der Waals surface area contributed by atoms with Crippen molar-refractivity contribution < 1.29 is 32.2 Å². The number of rotatable bonds is 3. The van der Waals surface area contributed by atoms with Gasteiger partial charge < -0.3 is 9.84 Å². The Morgan fingerprint density at radius 1 is 1.30 bits per heavy atom. The van der Waals surface area contributed by atoms with Crippen molar-refractivity contribution >= 4 is 17.6 Å². The van der Waals surface area contributed by atoms with Gasteiger partial charge in [-0.2, -0.15) is 13.2 Å². The van der Waals surface area contributed by atoms with E-state index < -0.39 is 45.9 Å². The number of ether oxygens (including phenoxy) is 1. The van der Waals surface area contributed by atoms with Gasteiger partial charge in [-0.1, -0.05) is 11.6 Å². The van der Waals surface area contributed by atoms with Crippen LogP contribution in [0, 0.1) is 5.82 Å². The molecule has 5 nitrogen and oxygen atoms in total. The summed E-state index contributed by atoms with van der Waals surface area (Å²) in [5.74, 6) is -3.10. The van der Waals surface area contributed by atoms with Crippen molar-refractivity contribution in [3.63, 3.8) is 0 Å². The normalized spacial score (nSPS) is 11.4. The third-order valence-electron chi connectivity index (χ3n) is 2.73. The van der Waals surface area contributed by atoms with Crippen LogP contribution >= 0.6 is 11.6 Å². The second kappa shape index (κ2) is 5.99. The maximum Gasteiger partial charge on any atom is 0.433 e. The molecule has 122 valence electrons. The maximum absolute atomic E-state index is 14.0.